The van der Waals surface area contributed by atoms with E-state index < -0.39 is 18.0 Å². The number of benzene rings is 1. The first-order chi connectivity index (χ1) is 9.38. The van der Waals surface area contributed by atoms with Crippen molar-refractivity contribution in [3.8, 4) is 0 Å². The Bertz CT molecular complexity index is 652. The van der Waals surface area contributed by atoms with Gasteiger partial charge in [0.1, 0.15) is 11.9 Å². The molecule has 1 N–H and O–H groups in total. The smallest absolute Gasteiger partial charge is 0.343 e. The molecule has 0 aliphatic carbocycles. The summed E-state index contributed by atoms with van der Waals surface area (Å²) < 4.78 is 52.2. The van der Waals surface area contributed by atoms with Gasteiger partial charge in [0.25, 0.3) is 0 Å². The second kappa shape index (κ2) is 4.51. The lowest BCUT2D eigenvalue weighted by molar-refractivity contribution is -0.146. The molecule has 108 valence electrons. The maximum atomic E-state index is 13.2. The number of anilines is 1. The van der Waals surface area contributed by atoms with Crippen molar-refractivity contribution in [3.05, 3.63) is 23.0 Å². The Morgan fingerprint density at radius 1 is 1.35 bits per heavy atom. The van der Waals surface area contributed by atoms with Gasteiger partial charge in [-0.25, -0.2) is 4.39 Å². The van der Waals surface area contributed by atoms with E-state index in [-0.39, 0.29) is 29.3 Å². The number of alkyl halides is 3. The lowest BCUT2D eigenvalue weighted by Crippen LogP contribution is -2.41. The van der Waals surface area contributed by atoms with Gasteiger partial charge in [0.05, 0.1) is 15.9 Å². The van der Waals surface area contributed by atoms with Crippen LogP contribution in [0.2, 0.25) is 5.02 Å². The molecule has 3 rings (SSSR count). The van der Waals surface area contributed by atoms with Crippen molar-refractivity contribution in [3.63, 3.8) is 0 Å². The number of fused-ring (bicyclic) bond motifs is 1. The molecule has 0 saturated carbocycles. The number of nitrogens with one attached hydrogen (secondary N) is 1. The van der Waals surface area contributed by atoms with Gasteiger partial charge in [-0.05, 0) is 25.0 Å². The third kappa shape index (κ3) is 2.09. The second-order valence-electron chi connectivity index (χ2n) is 4.75. The minimum atomic E-state index is -4.33. The average Bonchev–Trinajstić information content (AvgIpc) is 2.91. The lowest BCUT2D eigenvalue weighted by atomic mass is 10.2. The molecule has 0 bridgehead atoms. The minimum absolute atomic E-state index is 0.0245. The van der Waals surface area contributed by atoms with Gasteiger partial charge in [0, 0.05) is 6.54 Å². The zero-order valence-corrected chi connectivity index (χ0v) is 10.9. The van der Waals surface area contributed by atoms with Crippen LogP contribution >= 0.6 is 11.6 Å². The van der Waals surface area contributed by atoms with Crippen LogP contribution in [-0.2, 0) is 0 Å². The maximum Gasteiger partial charge on any atom is 0.408 e. The van der Waals surface area contributed by atoms with Gasteiger partial charge in [-0.2, -0.15) is 18.3 Å². The number of hydrogen-bond acceptors (Lipinski definition) is 2. The standard InChI is InChI=1S/C12H10ClF4N3/c13-7-4-6(14)5-8-10(7)11(19-18-8)20-3-1-2-9(20)12(15,16)17/h4-5,9H,1-3H2,(H,18,19). The van der Waals surface area contributed by atoms with Crippen molar-refractivity contribution in [2.75, 3.05) is 11.4 Å². The maximum absolute atomic E-state index is 13.2. The van der Waals surface area contributed by atoms with Gasteiger partial charge in [0.2, 0.25) is 0 Å². The average molecular weight is 308 g/mol. The van der Waals surface area contributed by atoms with Gasteiger partial charge in [-0.1, -0.05) is 11.6 Å². The molecule has 0 spiro atoms. The van der Waals surface area contributed by atoms with Crippen molar-refractivity contribution in [1.29, 1.82) is 0 Å². The second-order valence-corrected chi connectivity index (χ2v) is 5.16. The zero-order valence-electron chi connectivity index (χ0n) is 10.1. The van der Waals surface area contributed by atoms with E-state index in [1.54, 1.807) is 0 Å². The molecule has 8 heteroatoms. The number of H-pyrrole nitrogens is 1. The van der Waals surface area contributed by atoms with E-state index in [0.29, 0.717) is 11.8 Å². The van der Waals surface area contributed by atoms with Crippen LogP contribution in [0.4, 0.5) is 23.4 Å². The summed E-state index contributed by atoms with van der Waals surface area (Å²) in [6.45, 7) is 0.248. The first kappa shape index (κ1) is 13.5. The molecule has 1 fully saturated rings. The van der Waals surface area contributed by atoms with Gasteiger partial charge in [-0.3, -0.25) is 5.10 Å². The summed E-state index contributed by atoms with van der Waals surface area (Å²) in [6.07, 6.45) is -3.87. The molecular weight excluding hydrogens is 298 g/mol. The van der Waals surface area contributed by atoms with Crippen LogP contribution in [0.25, 0.3) is 10.9 Å². The van der Waals surface area contributed by atoms with Crippen molar-refractivity contribution in [1.82, 2.24) is 10.2 Å². The Balaban J connectivity index is 2.11. The zero-order chi connectivity index (χ0) is 14.5. The van der Waals surface area contributed by atoms with Crippen molar-refractivity contribution in [2.45, 2.75) is 25.1 Å². The largest absolute Gasteiger partial charge is 0.408 e. The van der Waals surface area contributed by atoms with E-state index in [0.717, 1.165) is 12.1 Å². The number of rotatable bonds is 1. The summed E-state index contributed by atoms with van der Waals surface area (Å²) in [5.74, 6) is -0.434. The number of hydrogen-bond donors (Lipinski definition) is 1. The molecule has 1 atom stereocenters. The summed E-state index contributed by atoms with van der Waals surface area (Å²) in [5.41, 5.74) is 0.290. The molecule has 20 heavy (non-hydrogen) atoms. The number of aromatic amines is 1. The van der Waals surface area contributed by atoms with Gasteiger partial charge >= 0.3 is 6.18 Å². The van der Waals surface area contributed by atoms with Crippen LogP contribution in [0.5, 0.6) is 0 Å². The molecule has 1 aliphatic rings. The van der Waals surface area contributed by atoms with Crippen molar-refractivity contribution < 1.29 is 17.6 Å². The topological polar surface area (TPSA) is 31.9 Å². The van der Waals surface area contributed by atoms with Crippen LogP contribution in [0, 0.1) is 5.82 Å². The first-order valence-corrected chi connectivity index (χ1v) is 6.42. The molecule has 1 aliphatic heterocycles. The Kier molecular flexibility index (Phi) is 3.04. The molecule has 2 heterocycles. The van der Waals surface area contributed by atoms with E-state index in [2.05, 4.69) is 10.2 Å². The highest BCUT2D eigenvalue weighted by atomic mass is 35.5. The minimum Gasteiger partial charge on any atom is -0.343 e. The molecular formula is C12H10ClF4N3. The fraction of sp³-hybridized carbons (Fsp3) is 0.417. The predicted molar refractivity (Wildman–Crippen MR) is 67.5 cm³/mol. The van der Waals surface area contributed by atoms with E-state index in [9.17, 15) is 17.6 Å². The van der Waals surface area contributed by atoms with Crippen molar-refractivity contribution in [2.24, 2.45) is 0 Å². The van der Waals surface area contributed by atoms with Crippen LogP contribution in [0.1, 0.15) is 12.8 Å². The summed E-state index contributed by atoms with van der Waals surface area (Å²) >= 11 is 5.94. The van der Waals surface area contributed by atoms with Gasteiger partial charge in [0.15, 0.2) is 5.82 Å². The van der Waals surface area contributed by atoms with Crippen molar-refractivity contribution >= 4 is 28.3 Å². The van der Waals surface area contributed by atoms with Crippen LogP contribution in [0.15, 0.2) is 12.1 Å². The van der Waals surface area contributed by atoms with Gasteiger partial charge < -0.3 is 4.90 Å². The number of aromatic nitrogens is 2. The normalized spacial score (nSPS) is 20.1. The molecule has 1 saturated heterocycles. The molecule has 2 aromatic rings. The summed E-state index contributed by atoms with van der Waals surface area (Å²) in [4.78, 5) is 1.18. The quantitative estimate of drug-likeness (QED) is 0.811. The van der Waals surface area contributed by atoms with Gasteiger partial charge in [-0.15, -0.1) is 0 Å². The number of halogens is 5. The highest BCUT2D eigenvalue weighted by molar-refractivity contribution is 6.36. The highest BCUT2D eigenvalue weighted by Gasteiger charge is 2.47. The summed E-state index contributed by atoms with van der Waals surface area (Å²) in [5, 5.41) is 6.80. The Morgan fingerprint density at radius 2 is 2.10 bits per heavy atom. The van der Waals surface area contributed by atoms with E-state index in [1.807, 2.05) is 0 Å². The van der Waals surface area contributed by atoms with Crippen LogP contribution in [-0.4, -0.2) is 29.0 Å². The molecule has 0 amide bonds. The Labute approximate surface area is 116 Å². The molecule has 1 unspecified atom stereocenters. The predicted octanol–water partition coefficient (Wildman–Crippen LogP) is 3.89. The number of nitrogens with zero attached hydrogens (tertiary/aromatic N) is 2. The SMILES string of the molecule is Fc1cc(Cl)c2c(N3CCCC3C(F)(F)F)n[nH]c2c1. The highest BCUT2D eigenvalue weighted by Crippen LogP contribution is 2.39. The third-order valence-electron chi connectivity index (χ3n) is 3.46. The first-order valence-electron chi connectivity index (χ1n) is 6.04. The molecule has 1 aromatic carbocycles. The molecule has 1 aromatic heterocycles. The fourth-order valence-electron chi connectivity index (χ4n) is 2.63. The summed E-state index contributed by atoms with van der Waals surface area (Å²) in [6, 6.07) is 0.660. The van der Waals surface area contributed by atoms with E-state index >= 15 is 0 Å². The Hall–Kier alpha value is -1.50. The van der Waals surface area contributed by atoms with E-state index in [1.165, 1.54) is 4.90 Å². The van der Waals surface area contributed by atoms with E-state index in [4.69, 9.17) is 11.6 Å². The summed E-state index contributed by atoms with van der Waals surface area (Å²) in [7, 11) is 0. The Morgan fingerprint density at radius 3 is 2.80 bits per heavy atom. The molecule has 0 radical (unpaired) electrons. The molecule has 3 nitrogen and oxygen atoms in total. The monoisotopic (exact) mass is 307 g/mol. The third-order valence-corrected chi connectivity index (χ3v) is 3.76. The lowest BCUT2D eigenvalue weighted by Gasteiger charge is -2.26. The fourth-order valence-corrected chi connectivity index (χ4v) is 2.92. The van der Waals surface area contributed by atoms with Crippen LogP contribution in [0.3, 0.4) is 0 Å². The van der Waals surface area contributed by atoms with Crippen LogP contribution < -0.4 is 4.90 Å².